The predicted molar refractivity (Wildman–Crippen MR) is 169 cm³/mol. The summed E-state index contributed by atoms with van der Waals surface area (Å²) in [6.45, 7) is 24.9. The maximum atomic E-state index is 12.6. The number of methoxy groups -OCH3 is 1. The van der Waals surface area contributed by atoms with E-state index in [0.717, 1.165) is 26.1 Å². The van der Waals surface area contributed by atoms with E-state index in [9.17, 15) is 5.11 Å². The van der Waals surface area contributed by atoms with Crippen LogP contribution in [0.5, 0.6) is 0 Å². The minimum absolute atomic E-state index is 0.0296. The van der Waals surface area contributed by atoms with Gasteiger partial charge in [0.25, 0.3) is 0 Å². The van der Waals surface area contributed by atoms with Gasteiger partial charge in [0.2, 0.25) is 0 Å². The van der Waals surface area contributed by atoms with Crippen molar-refractivity contribution in [3.05, 3.63) is 12.2 Å². The molecule has 7 heteroatoms. The van der Waals surface area contributed by atoms with Crippen molar-refractivity contribution < 1.29 is 28.5 Å². The molecule has 42 heavy (non-hydrogen) atoms. The molecule has 1 N–H and O–H groups in total. The van der Waals surface area contributed by atoms with E-state index < -0.39 is 19.3 Å². The Hall–Kier alpha value is -0.283. The maximum absolute atomic E-state index is 12.6. The Kier molecular flexibility index (Phi) is 8.83. The highest BCUT2D eigenvalue weighted by atomic mass is 28.4. The molecule has 0 aromatic carbocycles. The fourth-order valence-corrected chi connectivity index (χ4v) is 11.2. The second-order valence-corrected chi connectivity index (χ2v) is 22.4. The molecule has 1 aliphatic heterocycles. The SMILES string of the molecule is COCO[C@H]1C[C@H](O[Si](C)(C)C(C)(C)C)C[C@]2(O)C=C[C@H]3[C@@H]4CC[C@H](C(C)C5OCC(C)(C)CO5)[C@@]4(C)CC[C@@H]3[C@@]12C. The molecule has 3 saturated carbocycles. The molecule has 0 aromatic rings. The van der Waals surface area contributed by atoms with Gasteiger partial charge in [0, 0.05) is 30.3 Å². The molecule has 0 bridgehead atoms. The Labute approximate surface area is 257 Å². The van der Waals surface area contributed by atoms with Crippen molar-refractivity contribution in [2.75, 3.05) is 27.1 Å². The van der Waals surface area contributed by atoms with Crippen molar-refractivity contribution in [3.8, 4) is 0 Å². The molecular weight excluding hydrogens is 544 g/mol. The molecule has 0 spiro atoms. The number of allylic oxidation sites excluding steroid dienone is 1. The van der Waals surface area contributed by atoms with E-state index in [-0.39, 0.29) is 41.2 Å². The lowest BCUT2D eigenvalue weighted by Gasteiger charge is -2.64. The van der Waals surface area contributed by atoms with E-state index in [1.807, 2.05) is 0 Å². The van der Waals surface area contributed by atoms with E-state index >= 15 is 0 Å². The molecule has 5 aliphatic rings. The number of ether oxygens (including phenoxy) is 4. The van der Waals surface area contributed by atoms with Gasteiger partial charge in [-0.05, 0) is 79.3 Å². The summed E-state index contributed by atoms with van der Waals surface area (Å²) in [7, 11) is -0.321. The van der Waals surface area contributed by atoms with Gasteiger partial charge in [-0.15, -0.1) is 0 Å². The Morgan fingerprint density at radius 3 is 2.31 bits per heavy atom. The van der Waals surface area contributed by atoms with Crippen LogP contribution in [-0.4, -0.2) is 64.6 Å². The summed E-state index contributed by atoms with van der Waals surface area (Å²) >= 11 is 0. The number of hydrogen-bond acceptors (Lipinski definition) is 6. The third-order valence-electron chi connectivity index (χ3n) is 13.4. The van der Waals surface area contributed by atoms with E-state index in [4.69, 9.17) is 23.4 Å². The first kappa shape index (κ1) is 33.1. The van der Waals surface area contributed by atoms with Crippen molar-refractivity contribution in [1.29, 1.82) is 0 Å². The number of fused-ring (bicyclic) bond motifs is 5. The average Bonchev–Trinajstić information content (AvgIpc) is 3.24. The Balaban J connectivity index is 1.40. The summed E-state index contributed by atoms with van der Waals surface area (Å²) in [4.78, 5) is 0. The van der Waals surface area contributed by atoms with Crippen LogP contribution < -0.4 is 0 Å². The molecule has 4 aliphatic carbocycles. The lowest BCUT2D eigenvalue weighted by Crippen LogP contribution is -2.67. The molecule has 242 valence electrons. The van der Waals surface area contributed by atoms with E-state index in [1.54, 1.807) is 7.11 Å². The molecule has 10 atom stereocenters. The zero-order valence-corrected chi connectivity index (χ0v) is 29.6. The second-order valence-electron chi connectivity index (χ2n) is 17.6. The number of rotatable bonds is 7. The van der Waals surface area contributed by atoms with Crippen molar-refractivity contribution in [1.82, 2.24) is 0 Å². The van der Waals surface area contributed by atoms with Gasteiger partial charge in [-0.2, -0.15) is 0 Å². The fourth-order valence-electron chi connectivity index (χ4n) is 9.83. The molecule has 1 unspecified atom stereocenters. The van der Waals surface area contributed by atoms with Gasteiger partial charge in [-0.1, -0.05) is 67.5 Å². The van der Waals surface area contributed by atoms with Crippen LogP contribution in [0.15, 0.2) is 12.2 Å². The quantitative estimate of drug-likeness (QED) is 0.183. The first-order valence-corrected chi connectivity index (χ1v) is 19.7. The van der Waals surface area contributed by atoms with Crippen LogP contribution in [0.4, 0.5) is 0 Å². The minimum Gasteiger partial charge on any atom is -0.414 e. The Morgan fingerprint density at radius 1 is 1.02 bits per heavy atom. The van der Waals surface area contributed by atoms with Gasteiger partial charge in [0.1, 0.15) is 6.79 Å². The van der Waals surface area contributed by atoms with Crippen LogP contribution in [0.1, 0.15) is 93.9 Å². The monoisotopic (exact) mass is 606 g/mol. The first-order chi connectivity index (χ1) is 19.4. The van der Waals surface area contributed by atoms with Gasteiger partial charge in [-0.3, -0.25) is 0 Å². The second kappa shape index (κ2) is 11.2. The van der Waals surface area contributed by atoms with Gasteiger partial charge in [-0.25, -0.2) is 0 Å². The minimum atomic E-state index is -2.01. The van der Waals surface area contributed by atoms with Gasteiger partial charge < -0.3 is 28.5 Å². The van der Waals surface area contributed by atoms with Crippen LogP contribution in [0.2, 0.25) is 18.1 Å². The lowest BCUT2D eigenvalue weighted by molar-refractivity contribution is -0.257. The third-order valence-corrected chi connectivity index (χ3v) is 17.9. The van der Waals surface area contributed by atoms with Gasteiger partial charge >= 0.3 is 0 Å². The van der Waals surface area contributed by atoms with E-state index in [1.165, 1.54) is 19.3 Å². The summed E-state index contributed by atoms with van der Waals surface area (Å²) in [5, 5.41) is 12.7. The highest BCUT2D eigenvalue weighted by molar-refractivity contribution is 6.74. The standard InChI is InChI=1S/C35H62O6Si/c1-23(30-38-20-32(5,6)21-39-30)26-12-13-27-25-14-17-35(36)19-24(41-42(10,11)31(2,3)4)18-29(40-22-37-9)34(35,8)28(25)15-16-33(26,27)7/h14,17,23-30,36H,12-13,15-16,18-22H2,1-11H3/t23?,24-,25-,26+,27-,28-,29-,33+,34-,35+/m0/s1. The molecule has 0 aromatic heterocycles. The summed E-state index contributed by atoms with van der Waals surface area (Å²) in [5.74, 6) is 2.33. The predicted octanol–water partition coefficient (Wildman–Crippen LogP) is 7.56. The van der Waals surface area contributed by atoms with Crippen LogP contribution in [0.25, 0.3) is 0 Å². The Bertz CT molecular complexity index is 996. The lowest BCUT2D eigenvalue weighted by atomic mass is 9.44. The summed E-state index contributed by atoms with van der Waals surface area (Å²) in [6.07, 6.45) is 10.5. The molecule has 5 rings (SSSR count). The molecule has 0 amide bonds. The average molecular weight is 607 g/mol. The van der Waals surface area contributed by atoms with Crippen molar-refractivity contribution in [2.24, 2.45) is 45.8 Å². The topological polar surface area (TPSA) is 66.4 Å². The van der Waals surface area contributed by atoms with Crippen LogP contribution in [-0.2, 0) is 23.4 Å². The van der Waals surface area contributed by atoms with E-state index in [2.05, 4.69) is 80.6 Å². The smallest absolute Gasteiger partial charge is 0.192 e. The third kappa shape index (κ3) is 5.43. The van der Waals surface area contributed by atoms with E-state index in [0.29, 0.717) is 36.0 Å². The zero-order chi connectivity index (χ0) is 30.9. The van der Waals surface area contributed by atoms with Crippen LogP contribution in [0, 0.1) is 45.8 Å². The maximum Gasteiger partial charge on any atom is 0.192 e. The highest BCUT2D eigenvalue weighted by Gasteiger charge is 2.67. The highest BCUT2D eigenvalue weighted by Crippen LogP contribution is 2.68. The van der Waals surface area contributed by atoms with Crippen LogP contribution >= 0.6 is 0 Å². The number of hydrogen-bond donors (Lipinski definition) is 1. The summed E-state index contributed by atoms with van der Waals surface area (Å²) in [6, 6.07) is 0. The Morgan fingerprint density at radius 2 is 1.69 bits per heavy atom. The fraction of sp³-hybridized carbons (Fsp3) is 0.943. The van der Waals surface area contributed by atoms with Gasteiger partial charge in [0.15, 0.2) is 14.6 Å². The van der Waals surface area contributed by atoms with Crippen molar-refractivity contribution in [2.45, 2.75) is 136 Å². The van der Waals surface area contributed by atoms with Gasteiger partial charge in [0.05, 0.1) is 31.0 Å². The molecule has 6 nitrogen and oxygen atoms in total. The molecule has 4 fully saturated rings. The summed E-state index contributed by atoms with van der Waals surface area (Å²) in [5.41, 5.74) is -1.04. The van der Waals surface area contributed by atoms with Crippen molar-refractivity contribution in [3.63, 3.8) is 0 Å². The molecular formula is C35H62O6Si. The summed E-state index contributed by atoms with van der Waals surface area (Å²) < 4.78 is 31.5. The number of aliphatic hydroxyl groups is 1. The normalized spacial score (nSPS) is 44.8. The molecule has 0 radical (unpaired) electrons. The zero-order valence-electron chi connectivity index (χ0n) is 28.6. The first-order valence-electron chi connectivity index (χ1n) is 16.8. The molecule has 1 heterocycles. The largest absolute Gasteiger partial charge is 0.414 e. The van der Waals surface area contributed by atoms with Crippen molar-refractivity contribution >= 4 is 8.32 Å². The molecule has 1 saturated heterocycles. The van der Waals surface area contributed by atoms with Crippen LogP contribution in [0.3, 0.4) is 0 Å².